The zero-order valence-corrected chi connectivity index (χ0v) is 17.9. The van der Waals surface area contributed by atoms with Crippen molar-refractivity contribution in [3.05, 3.63) is 54.1 Å². The number of fused-ring (bicyclic) bond motifs is 1. The second-order valence-corrected chi connectivity index (χ2v) is 10.1. The minimum atomic E-state index is -3.32. The average molecular weight is 441 g/mol. The molecule has 0 saturated carbocycles. The summed E-state index contributed by atoms with van der Waals surface area (Å²) in [7, 11) is -3.32. The smallest absolute Gasteiger partial charge is 0.253 e. The molecule has 1 amide bonds. The molecule has 5 rings (SSSR count). The van der Waals surface area contributed by atoms with E-state index in [1.54, 1.807) is 35.0 Å². The molecule has 31 heavy (non-hydrogen) atoms. The van der Waals surface area contributed by atoms with Crippen molar-refractivity contribution >= 4 is 27.4 Å². The van der Waals surface area contributed by atoms with Crippen molar-refractivity contribution in [3.63, 3.8) is 0 Å². The molecule has 1 atom stereocenters. The van der Waals surface area contributed by atoms with Crippen molar-refractivity contribution in [2.24, 2.45) is 0 Å². The standard InChI is InChI=1S/C21H24N6O3S/c28-20(16-5-3-7-18(13-16)26-11-1-2-12-31(26,29)30)25-10-4-6-17(14-25)19-8-9-22-21-23-15-24-27(19)21/h3,5,7-9,13,15,17H,1-2,4,6,10-12,14H2/t17-/m1/s1. The molecule has 1 aromatic carbocycles. The number of anilines is 1. The molecule has 0 radical (unpaired) electrons. The number of sulfonamides is 1. The van der Waals surface area contributed by atoms with E-state index in [1.165, 1.54) is 10.6 Å². The number of likely N-dealkylation sites (tertiary alicyclic amines) is 1. The number of aromatic nitrogens is 4. The number of carbonyl (C=O) groups is 1. The Balaban J connectivity index is 1.38. The highest BCUT2D eigenvalue weighted by Gasteiger charge is 2.29. The molecule has 162 valence electrons. The maximum atomic E-state index is 13.3. The van der Waals surface area contributed by atoms with E-state index >= 15 is 0 Å². The van der Waals surface area contributed by atoms with E-state index in [-0.39, 0.29) is 17.6 Å². The van der Waals surface area contributed by atoms with E-state index in [2.05, 4.69) is 15.1 Å². The summed E-state index contributed by atoms with van der Waals surface area (Å²) < 4.78 is 28.1. The largest absolute Gasteiger partial charge is 0.338 e. The summed E-state index contributed by atoms with van der Waals surface area (Å²) in [5.41, 5.74) is 2.07. The lowest BCUT2D eigenvalue weighted by molar-refractivity contribution is 0.0705. The minimum absolute atomic E-state index is 0.0788. The number of nitrogens with zero attached hydrogens (tertiary/aromatic N) is 6. The minimum Gasteiger partial charge on any atom is -0.338 e. The molecule has 2 aromatic heterocycles. The van der Waals surface area contributed by atoms with Crippen LogP contribution in [0.25, 0.3) is 5.78 Å². The van der Waals surface area contributed by atoms with Gasteiger partial charge >= 0.3 is 0 Å². The van der Waals surface area contributed by atoms with Crippen LogP contribution in [0, 0.1) is 0 Å². The predicted octanol–water partition coefficient (Wildman–Crippen LogP) is 2.07. The maximum Gasteiger partial charge on any atom is 0.253 e. The lowest BCUT2D eigenvalue weighted by atomic mass is 9.94. The molecule has 2 aliphatic heterocycles. The normalized spacial score (nSPS) is 21.4. The van der Waals surface area contributed by atoms with Crippen molar-refractivity contribution < 1.29 is 13.2 Å². The molecule has 0 spiro atoms. The highest BCUT2D eigenvalue weighted by atomic mass is 32.2. The summed E-state index contributed by atoms with van der Waals surface area (Å²) in [6.07, 6.45) is 6.55. The van der Waals surface area contributed by atoms with Gasteiger partial charge in [-0.15, -0.1) is 0 Å². The van der Waals surface area contributed by atoms with Crippen LogP contribution in [0.4, 0.5) is 5.69 Å². The highest BCUT2D eigenvalue weighted by Crippen LogP contribution is 2.29. The van der Waals surface area contributed by atoms with Crippen LogP contribution in [0.1, 0.15) is 47.7 Å². The summed E-state index contributed by atoms with van der Waals surface area (Å²) in [6.45, 7) is 1.71. The van der Waals surface area contributed by atoms with Crippen LogP contribution in [0.3, 0.4) is 0 Å². The van der Waals surface area contributed by atoms with Crippen molar-refractivity contribution in [1.29, 1.82) is 0 Å². The first-order chi connectivity index (χ1) is 15.0. The van der Waals surface area contributed by atoms with E-state index < -0.39 is 10.0 Å². The summed E-state index contributed by atoms with van der Waals surface area (Å²) in [6, 6.07) is 8.92. The molecule has 0 unspecified atom stereocenters. The van der Waals surface area contributed by atoms with Crippen molar-refractivity contribution in [2.45, 2.75) is 31.6 Å². The number of carbonyl (C=O) groups excluding carboxylic acids is 1. The molecule has 10 heteroatoms. The summed E-state index contributed by atoms with van der Waals surface area (Å²) in [5.74, 6) is 0.763. The van der Waals surface area contributed by atoms with Gasteiger partial charge in [-0.2, -0.15) is 10.1 Å². The summed E-state index contributed by atoms with van der Waals surface area (Å²) >= 11 is 0. The van der Waals surface area contributed by atoms with Gasteiger partial charge < -0.3 is 4.90 Å². The van der Waals surface area contributed by atoms with Gasteiger partial charge in [0.05, 0.1) is 17.1 Å². The van der Waals surface area contributed by atoms with Gasteiger partial charge in [0.25, 0.3) is 11.7 Å². The molecule has 4 heterocycles. The molecule has 2 fully saturated rings. The molecule has 0 N–H and O–H groups in total. The fourth-order valence-corrected chi connectivity index (χ4v) is 6.16. The van der Waals surface area contributed by atoms with Gasteiger partial charge in [0.1, 0.15) is 6.33 Å². The van der Waals surface area contributed by atoms with Crippen LogP contribution in [0.15, 0.2) is 42.9 Å². The molecule has 0 bridgehead atoms. The maximum absolute atomic E-state index is 13.3. The number of rotatable bonds is 3. The summed E-state index contributed by atoms with van der Waals surface area (Å²) in [5, 5.41) is 4.28. The number of benzene rings is 1. The number of hydrogen-bond acceptors (Lipinski definition) is 6. The number of piperidine rings is 1. The Hall–Kier alpha value is -3.01. The lowest BCUT2D eigenvalue weighted by Gasteiger charge is -2.33. The Morgan fingerprint density at radius 3 is 2.84 bits per heavy atom. The third kappa shape index (κ3) is 3.76. The second-order valence-electron chi connectivity index (χ2n) is 8.08. The van der Waals surface area contributed by atoms with Gasteiger partial charge in [-0.1, -0.05) is 6.07 Å². The van der Waals surface area contributed by atoms with Crippen LogP contribution in [0.2, 0.25) is 0 Å². The highest BCUT2D eigenvalue weighted by molar-refractivity contribution is 7.92. The van der Waals surface area contributed by atoms with Crippen molar-refractivity contribution in [2.75, 3.05) is 29.7 Å². The van der Waals surface area contributed by atoms with Gasteiger partial charge in [0, 0.05) is 37.3 Å². The third-order valence-corrected chi connectivity index (χ3v) is 7.94. The van der Waals surface area contributed by atoms with Crippen LogP contribution in [-0.4, -0.2) is 64.2 Å². The SMILES string of the molecule is O=C(c1cccc(N2CCCCS2(=O)=O)c1)N1CCC[C@@H](c2ccnc3ncnn23)C1. The Morgan fingerprint density at radius 2 is 1.97 bits per heavy atom. The van der Waals surface area contributed by atoms with E-state index in [0.717, 1.165) is 25.0 Å². The van der Waals surface area contributed by atoms with Crippen LogP contribution in [0.5, 0.6) is 0 Å². The topological polar surface area (TPSA) is 101 Å². The average Bonchev–Trinajstić information content (AvgIpc) is 3.27. The Morgan fingerprint density at radius 1 is 1.06 bits per heavy atom. The van der Waals surface area contributed by atoms with Crippen molar-refractivity contribution in [3.8, 4) is 0 Å². The molecule has 3 aromatic rings. The first kappa shape index (κ1) is 19.9. The van der Waals surface area contributed by atoms with Gasteiger partial charge in [0.15, 0.2) is 0 Å². The van der Waals surface area contributed by atoms with E-state index in [0.29, 0.717) is 43.1 Å². The third-order valence-electron chi connectivity index (χ3n) is 6.07. The fraction of sp³-hybridized carbons (Fsp3) is 0.429. The molecular weight excluding hydrogens is 416 g/mol. The predicted molar refractivity (Wildman–Crippen MR) is 115 cm³/mol. The quantitative estimate of drug-likeness (QED) is 0.618. The van der Waals surface area contributed by atoms with Crippen LogP contribution >= 0.6 is 0 Å². The second kappa shape index (κ2) is 7.92. The zero-order chi connectivity index (χ0) is 21.4. The van der Waals surface area contributed by atoms with Gasteiger partial charge in [0.2, 0.25) is 10.0 Å². The fourth-order valence-electron chi connectivity index (χ4n) is 4.52. The van der Waals surface area contributed by atoms with E-state index in [1.807, 2.05) is 11.0 Å². The van der Waals surface area contributed by atoms with Crippen molar-refractivity contribution in [1.82, 2.24) is 24.5 Å². The monoisotopic (exact) mass is 440 g/mol. The zero-order valence-electron chi connectivity index (χ0n) is 17.1. The van der Waals surface area contributed by atoms with Gasteiger partial charge in [-0.05, 0) is 49.9 Å². The van der Waals surface area contributed by atoms with E-state index in [4.69, 9.17) is 0 Å². The Labute approximate surface area is 180 Å². The summed E-state index contributed by atoms with van der Waals surface area (Å²) in [4.78, 5) is 23.5. The van der Waals surface area contributed by atoms with Gasteiger partial charge in [-0.25, -0.2) is 17.9 Å². The molecule has 9 nitrogen and oxygen atoms in total. The Bertz CT molecular complexity index is 1220. The van der Waals surface area contributed by atoms with Gasteiger partial charge in [-0.3, -0.25) is 9.10 Å². The van der Waals surface area contributed by atoms with Crippen LogP contribution in [-0.2, 0) is 10.0 Å². The Kier molecular flexibility index (Phi) is 5.09. The first-order valence-electron chi connectivity index (χ1n) is 10.6. The molecule has 2 saturated heterocycles. The number of amides is 1. The van der Waals surface area contributed by atoms with Crippen LogP contribution < -0.4 is 4.31 Å². The molecular formula is C21H24N6O3S. The lowest BCUT2D eigenvalue weighted by Crippen LogP contribution is -2.40. The molecule has 0 aliphatic carbocycles. The molecule has 2 aliphatic rings. The first-order valence-corrected chi connectivity index (χ1v) is 12.2. The van der Waals surface area contributed by atoms with E-state index in [9.17, 15) is 13.2 Å². The number of hydrogen-bond donors (Lipinski definition) is 0.